The van der Waals surface area contributed by atoms with Gasteiger partial charge in [-0.1, -0.05) is 13.8 Å². The highest BCUT2D eigenvalue weighted by molar-refractivity contribution is 5.47. The van der Waals surface area contributed by atoms with E-state index in [1.165, 1.54) is 5.56 Å². The maximum Gasteiger partial charge on any atom is 0.121 e. The van der Waals surface area contributed by atoms with Gasteiger partial charge in [-0.05, 0) is 60.3 Å². The minimum absolute atomic E-state index is 0.0234. The van der Waals surface area contributed by atoms with Crippen LogP contribution in [0.2, 0.25) is 0 Å². The van der Waals surface area contributed by atoms with Crippen molar-refractivity contribution in [2.45, 2.75) is 57.7 Å². The number of aliphatic hydroxyl groups is 3. The van der Waals surface area contributed by atoms with Crippen LogP contribution in [0.15, 0.2) is 12.1 Å². The second-order valence-electron chi connectivity index (χ2n) is 7.52. The smallest absolute Gasteiger partial charge is 0.121 e. The molecule has 4 N–H and O–H groups in total. The molecule has 0 radical (unpaired) electrons. The fourth-order valence-corrected chi connectivity index (χ4v) is 4.94. The van der Waals surface area contributed by atoms with Crippen LogP contribution < -0.4 is 0 Å². The van der Waals surface area contributed by atoms with Gasteiger partial charge < -0.3 is 20.4 Å². The molecule has 3 rings (SSSR count). The van der Waals surface area contributed by atoms with Crippen LogP contribution in [0.25, 0.3) is 0 Å². The highest BCUT2D eigenvalue weighted by atomic mass is 16.3. The summed E-state index contributed by atoms with van der Waals surface area (Å²) >= 11 is 0. The lowest BCUT2D eigenvalue weighted by atomic mass is 9.49. The van der Waals surface area contributed by atoms with Crippen molar-refractivity contribution in [3.8, 4) is 5.75 Å². The van der Waals surface area contributed by atoms with Gasteiger partial charge in [-0.15, -0.1) is 0 Å². The van der Waals surface area contributed by atoms with E-state index >= 15 is 0 Å². The van der Waals surface area contributed by atoms with E-state index in [0.29, 0.717) is 12.0 Å². The molecule has 4 nitrogen and oxygen atoms in total. The maximum absolute atomic E-state index is 10.4. The van der Waals surface area contributed by atoms with Crippen LogP contribution in [0.1, 0.15) is 49.8 Å². The van der Waals surface area contributed by atoms with E-state index in [0.717, 1.165) is 24.8 Å². The molecule has 0 heterocycles. The molecule has 1 aromatic rings. The summed E-state index contributed by atoms with van der Waals surface area (Å²) < 4.78 is 0. The fraction of sp³-hybridized carbons (Fsp3) is 0.667. The average molecular weight is 306 g/mol. The van der Waals surface area contributed by atoms with Gasteiger partial charge in [0.15, 0.2) is 0 Å². The zero-order valence-corrected chi connectivity index (χ0v) is 13.3. The Labute approximate surface area is 131 Å². The van der Waals surface area contributed by atoms with Crippen LogP contribution >= 0.6 is 0 Å². The second-order valence-corrected chi connectivity index (χ2v) is 7.52. The maximum atomic E-state index is 10.4. The van der Waals surface area contributed by atoms with E-state index in [4.69, 9.17) is 0 Å². The summed E-state index contributed by atoms with van der Waals surface area (Å²) in [4.78, 5) is 0. The number of rotatable bonds is 2. The van der Waals surface area contributed by atoms with Crippen LogP contribution in [0.5, 0.6) is 5.75 Å². The van der Waals surface area contributed by atoms with Crippen molar-refractivity contribution in [1.29, 1.82) is 0 Å². The van der Waals surface area contributed by atoms with Crippen molar-refractivity contribution in [3.05, 3.63) is 28.8 Å². The van der Waals surface area contributed by atoms with Gasteiger partial charge >= 0.3 is 0 Å². The first-order valence-corrected chi connectivity index (χ1v) is 8.12. The number of aromatic hydroxyl groups is 1. The molecule has 0 aliphatic heterocycles. The Balaban J connectivity index is 2.12. The summed E-state index contributed by atoms with van der Waals surface area (Å²) in [5, 5.41) is 39.8. The van der Waals surface area contributed by atoms with Crippen LogP contribution in [0.3, 0.4) is 0 Å². The molecule has 4 atom stereocenters. The molecule has 0 aromatic heterocycles. The minimum atomic E-state index is -0.504. The topological polar surface area (TPSA) is 80.9 Å². The number of hydrogen-bond acceptors (Lipinski definition) is 4. The molecule has 0 bridgehead atoms. The summed E-state index contributed by atoms with van der Waals surface area (Å²) in [5.41, 5.74) is 2.20. The minimum Gasteiger partial charge on any atom is -0.508 e. The number of aliphatic hydroxyl groups excluding tert-OH is 3. The van der Waals surface area contributed by atoms with Gasteiger partial charge in [0, 0.05) is 11.0 Å². The number of aryl methyl sites for hydroxylation is 1. The highest BCUT2D eigenvalue weighted by Gasteiger charge is 2.55. The van der Waals surface area contributed by atoms with Crippen molar-refractivity contribution in [2.75, 3.05) is 6.61 Å². The number of benzene rings is 1. The number of fused-ring (bicyclic) bond motifs is 3. The first-order valence-electron chi connectivity index (χ1n) is 8.12. The first kappa shape index (κ1) is 15.8. The van der Waals surface area contributed by atoms with Gasteiger partial charge in [-0.25, -0.2) is 0 Å². The Bertz CT molecular complexity index is 585. The quantitative estimate of drug-likeness (QED) is 0.672. The van der Waals surface area contributed by atoms with Crippen molar-refractivity contribution >= 4 is 0 Å². The Morgan fingerprint density at radius 1 is 1.18 bits per heavy atom. The van der Waals surface area contributed by atoms with E-state index < -0.39 is 11.5 Å². The molecule has 2 aliphatic rings. The van der Waals surface area contributed by atoms with Gasteiger partial charge in [0.1, 0.15) is 5.75 Å². The lowest BCUT2D eigenvalue weighted by molar-refractivity contribution is -0.110. The third kappa shape index (κ3) is 2.01. The second kappa shape index (κ2) is 5.22. The van der Waals surface area contributed by atoms with Gasteiger partial charge in [0.25, 0.3) is 0 Å². The molecule has 4 heteroatoms. The van der Waals surface area contributed by atoms with E-state index in [-0.39, 0.29) is 30.3 Å². The zero-order valence-electron chi connectivity index (χ0n) is 13.3. The lowest BCUT2D eigenvalue weighted by Crippen LogP contribution is -2.56. The van der Waals surface area contributed by atoms with E-state index in [1.807, 2.05) is 13.0 Å². The molecule has 1 fully saturated rings. The summed E-state index contributed by atoms with van der Waals surface area (Å²) in [5.74, 6) is 0.320. The van der Waals surface area contributed by atoms with Gasteiger partial charge in [0.2, 0.25) is 0 Å². The monoisotopic (exact) mass is 306 g/mol. The molecule has 1 unspecified atom stereocenters. The Morgan fingerprint density at radius 2 is 1.91 bits per heavy atom. The third-order valence-electron chi connectivity index (χ3n) is 6.40. The zero-order chi connectivity index (χ0) is 16.1. The Kier molecular flexibility index (Phi) is 3.75. The molecular weight excluding hydrogens is 280 g/mol. The standard InChI is InChI=1S/C18H26O4/c1-17-6-5-16(22)18(2,10-20)15(17)4-3-11-7-12(9-19)14(21)8-13(11)17/h7-8,15-16,19-22H,3-6,9-10H2,1-2H3/t15-,16+,17-,18?/m1/s1. The average Bonchev–Trinajstić information content (AvgIpc) is 2.51. The molecule has 1 saturated carbocycles. The Morgan fingerprint density at radius 3 is 2.55 bits per heavy atom. The predicted molar refractivity (Wildman–Crippen MR) is 83.6 cm³/mol. The molecular formula is C18H26O4. The van der Waals surface area contributed by atoms with Gasteiger partial charge in [-0.2, -0.15) is 0 Å². The molecule has 2 aliphatic carbocycles. The lowest BCUT2D eigenvalue weighted by Gasteiger charge is -2.56. The van der Waals surface area contributed by atoms with Gasteiger partial charge in [0.05, 0.1) is 19.3 Å². The SMILES string of the molecule is CC1(CO)[C@@H](O)CC[C@]2(C)c3cc(O)c(CO)cc3CC[C@@H]12. The summed E-state index contributed by atoms with van der Waals surface area (Å²) in [6, 6.07) is 3.70. The van der Waals surface area contributed by atoms with Crippen LogP contribution in [-0.4, -0.2) is 33.1 Å². The van der Waals surface area contributed by atoms with E-state index in [1.54, 1.807) is 6.07 Å². The summed E-state index contributed by atoms with van der Waals surface area (Å²) in [6.45, 7) is 3.98. The van der Waals surface area contributed by atoms with Crippen molar-refractivity contribution in [1.82, 2.24) is 0 Å². The van der Waals surface area contributed by atoms with Crippen LogP contribution in [0.4, 0.5) is 0 Å². The van der Waals surface area contributed by atoms with Crippen molar-refractivity contribution in [2.24, 2.45) is 11.3 Å². The van der Waals surface area contributed by atoms with Gasteiger partial charge in [-0.3, -0.25) is 0 Å². The van der Waals surface area contributed by atoms with E-state index in [9.17, 15) is 20.4 Å². The number of hydrogen-bond donors (Lipinski definition) is 4. The third-order valence-corrected chi connectivity index (χ3v) is 6.40. The Hall–Kier alpha value is -1.10. The molecule has 22 heavy (non-hydrogen) atoms. The molecule has 0 spiro atoms. The normalized spacial score (nSPS) is 37.5. The van der Waals surface area contributed by atoms with Crippen molar-refractivity contribution in [3.63, 3.8) is 0 Å². The van der Waals surface area contributed by atoms with E-state index in [2.05, 4.69) is 6.92 Å². The first-order chi connectivity index (χ1) is 10.4. The summed E-state index contributed by atoms with van der Waals surface area (Å²) in [6.07, 6.45) is 2.78. The van der Waals surface area contributed by atoms with Crippen LogP contribution in [0, 0.1) is 11.3 Å². The van der Waals surface area contributed by atoms with Crippen molar-refractivity contribution < 1.29 is 20.4 Å². The molecule has 122 valence electrons. The highest BCUT2D eigenvalue weighted by Crippen LogP contribution is 2.57. The predicted octanol–water partition coefficient (Wildman–Crippen LogP) is 1.86. The number of phenols is 1. The van der Waals surface area contributed by atoms with Crippen LogP contribution in [-0.2, 0) is 18.4 Å². The largest absolute Gasteiger partial charge is 0.508 e. The molecule has 1 aromatic carbocycles. The fourth-order valence-electron chi connectivity index (χ4n) is 4.94. The molecule has 0 saturated heterocycles. The molecule has 0 amide bonds. The summed E-state index contributed by atoms with van der Waals surface area (Å²) in [7, 11) is 0.